The minimum atomic E-state index is 0.399. The smallest absolute Gasteiger partial charge is 0.136 e. The second kappa shape index (κ2) is 19.1. The van der Waals surface area contributed by atoms with Gasteiger partial charge in [0.2, 0.25) is 0 Å². The fraction of sp³-hybridized carbons (Fsp3) is 0. The Morgan fingerprint density at radius 3 is 1.34 bits per heavy atom. The van der Waals surface area contributed by atoms with Gasteiger partial charge in [0.25, 0.3) is 0 Å². The molecule has 0 unspecified atom stereocenters. The molecule has 0 amide bonds. The number of fused-ring (bicyclic) bond motifs is 17. The lowest BCUT2D eigenvalue weighted by atomic mass is 9.86. The van der Waals surface area contributed by atoms with E-state index < -0.39 is 0 Å². The summed E-state index contributed by atoms with van der Waals surface area (Å²) in [5.41, 5.74) is 17.2. The lowest BCUT2D eigenvalue weighted by molar-refractivity contribution is 0.669. The van der Waals surface area contributed by atoms with Crippen LogP contribution in [0.3, 0.4) is 0 Å². The lowest BCUT2D eigenvalue weighted by Crippen LogP contribution is -2.11. The summed E-state index contributed by atoms with van der Waals surface area (Å²) in [6.45, 7) is 0. The van der Waals surface area contributed by atoms with E-state index in [0.717, 1.165) is 136 Å². The van der Waals surface area contributed by atoms with Crippen LogP contribution in [0.2, 0.25) is 0 Å². The van der Waals surface area contributed by atoms with Crippen LogP contribution in [0.1, 0.15) is 11.1 Å². The highest BCUT2D eigenvalue weighted by Crippen LogP contribution is 2.56. The quantitative estimate of drug-likeness (QED) is 0.160. The third-order valence-corrected chi connectivity index (χ3v) is 20.2. The van der Waals surface area contributed by atoms with E-state index in [2.05, 4.69) is 234 Å². The third kappa shape index (κ3) is 7.10. The van der Waals surface area contributed by atoms with E-state index in [1.54, 1.807) is 22.7 Å². The van der Waals surface area contributed by atoms with Crippen molar-refractivity contribution >= 4 is 129 Å². The molecule has 0 radical (unpaired) electrons. The van der Waals surface area contributed by atoms with E-state index in [4.69, 9.17) is 4.42 Å². The van der Waals surface area contributed by atoms with E-state index in [1.165, 1.54) is 20.2 Å². The van der Waals surface area contributed by atoms with Gasteiger partial charge in [0, 0.05) is 74.4 Å². The molecule has 0 spiro atoms. The summed E-state index contributed by atoms with van der Waals surface area (Å²) in [6, 6.07) is 100. The molecule has 5 heterocycles. The first-order chi connectivity index (χ1) is 43.1. The van der Waals surface area contributed by atoms with Crippen LogP contribution < -0.4 is 0 Å². The van der Waals surface area contributed by atoms with Crippen LogP contribution in [0, 0.1) is 22.7 Å². The van der Waals surface area contributed by atoms with Gasteiger partial charge >= 0.3 is 0 Å². The number of rotatable bonds is 7. The Bertz CT molecular complexity index is 5840. The molecule has 0 bridgehead atoms. The van der Waals surface area contributed by atoms with Crippen molar-refractivity contribution in [1.82, 2.24) is 9.13 Å². The summed E-state index contributed by atoms with van der Waals surface area (Å²) >= 11 is 3.60. The maximum Gasteiger partial charge on any atom is 0.136 e. The van der Waals surface area contributed by atoms with Crippen molar-refractivity contribution in [3.8, 4) is 79.1 Å². The number of hydrogen-bond donors (Lipinski definition) is 0. The molecule has 0 N–H and O–H groups in total. The number of aromatic nitrogens is 2. The van der Waals surface area contributed by atoms with E-state index in [9.17, 15) is 10.5 Å². The SMILES string of the molecule is N#Cc1c(-c2ccccc2)c(C#N)c(-n2c3c4sc5ccccc5c4cc(-c4ccccc4)c3c3c(-c4ccccc4)cc4c5ccccc5sc4c32)c(-c2ccccc2)c1-n1c2ccccc2c2cc(-c3cccc4oc5ccccc5c34)ccc21. The molecule has 0 fully saturated rings. The van der Waals surface area contributed by atoms with Crippen molar-refractivity contribution in [2.75, 3.05) is 0 Å². The second-order valence-electron chi connectivity index (χ2n) is 22.3. The Hall–Kier alpha value is -11.3. The Balaban J connectivity index is 1.11. The van der Waals surface area contributed by atoms with Gasteiger partial charge in [-0.1, -0.05) is 212 Å². The first kappa shape index (κ1) is 49.1. The van der Waals surface area contributed by atoms with Crippen LogP contribution in [0.4, 0.5) is 0 Å². The zero-order valence-corrected chi connectivity index (χ0v) is 48.1. The second-order valence-corrected chi connectivity index (χ2v) is 24.4. The first-order valence-corrected chi connectivity index (χ1v) is 30.7. The molecule has 5 nitrogen and oxygen atoms in total. The van der Waals surface area contributed by atoms with Crippen LogP contribution in [-0.4, -0.2) is 9.13 Å². The monoisotopic (exact) mass is 1140 g/mol. The average Bonchev–Trinajstić information content (AvgIpc) is 1.56. The number of hydrogen-bond acceptors (Lipinski definition) is 5. The Kier molecular flexibility index (Phi) is 10.8. The van der Waals surface area contributed by atoms with E-state index in [0.29, 0.717) is 28.1 Å². The van der Waals surface area contributed by atoms with Crippen molar-refractivity contribution in [2.24, 2.45) is 0 Å². The molecule has 0 aliphatic heterocycles. The number of benzene rings is 13. The summed E-state index contributed by atoms with van der Waals surface area (Å²) in [5.74, 6) is 0. The molecular weight excluding hydrogens is 1100 g/mol. The highest BCUT2D eigenvalue weighted by molar-refractivity contribution is 7.27. The molecule has 18 rings (SSSR count). The van der Waals surface area contributed by atoms with Crippen molar-refractivity contribution in [1.29, 1.82) is 10.5 Å². The highest BCUT2D eigenvalue weighted by atomic mass is 32.1. The average molecular weight is 1140 g/mol. The van der Waals surface area contributed by atoms with Crippen molar-refractivity contribution in [3.05, 3.63) is 278 Å². The molecular formula is C80H44N4OS2. The zero-order valence-electron chi connectivity index (χ0n) is 46.4. The fourth-order valence-electron chi connectivity index (χ4n) is 14.2. The molecule has 0 aliphatic rings. The van der Waals surface area contributed by atoms with Crippen molar-refractivity contribution < 1.29 is 4.42 Å². The van der Waals surface area contributed by atoms with E-state index >= 15 is 0 Å². The van der Waals surface area contributed by atoms with Crippen LogP contribution in [0.5, 0.6) is 0 Å². The largest absolute Gasteiger partial charge is 0.456 e. The normalized spacial score (nSPS) is 11.9. The first-order valence-electron chi connectivity index (χ1n) is 29.1. The van der Waals surface area contributed by atoms with Gasteiger partial charge in [0.1, 0.15) is 23.3 Å². The predicted molar refractivity (Wildman–Crippen MR) is 365 cm³/mol. The van der Waals surface area contributed by atoms with Crippen LogP contribution in [-0.2, 0) is 0 Å². The zero-order chi connectivity index (χ0) is 57.4. The fourth-order valence-corrected chi connectivity index (χ4v) is 16.6. The maximum absolute atomic E-state index is 12.7. The number of nitriles is 2. The summed E-state index contributed by atoms with van der Waals surface area (Å²) in [6.07, 6.45) is 0. The number of furan rings is 1. The number of thiophene rings is 2. The van der Waals surface area contributed by atoms with E-state index in [-0.39, 0.29) is 0 Å². The lowest BCUT2D eigenvalue weighted by Gasteiger charge is -2.26. The van der Waals surface area contributed by atoms with E-state index in [1.807, 2.05) is 54.6 Å². The van der Waals surface area contributed by atoms with Gasteiger partial charge in [-0.25, -0.2) is 0 Å². The molecule has 0 saturated carbocycles. The van der Waals surface area contributed by atoms with Crippen LogP contribution >= 0.6 is 22.7 Å². The Labute approximate surface area is 506 Å². The standard InChI is InChI=1S/C80H44N4OS2/c81-45-62-70(49-26-9-3-10-27-49)63(46-82)76(71(50-28-11-4-12-29-50)75(62)83-64-35-17-13-30-53(64)59-42-51(40-41-65(59)83)52-34-21-37-67-72(52)56-33-14-18-36-66(56)85-67)84-77-73(57(47-22-5-1-6-23-47)43-60-54-31-15-19-38-68(54)86-79(60)77)74-58(48-24-7-2-8-25-48)44-61-55-32-16-20-39-69(55)87-80(61)78(74)84/h1-44H. The van der Waals surface area contributed by atoms with Crippen molar-refractivity contribution in [2.45, 2.75) is 0 Å². The molecule has 18 aromatic rings. The van der Waals surface area contributed by atoms with Gasteiger partial charge in [-0.15, -0.1) is 22.7 Å². The van der Waals surface area contributed by atoms with Gasteiger partial charge in [0.05, 0.1) is 54.0 Å². The Morgan fingerprint density at radius 2 is 0.770 bits per heavy atom. The molecule has 402 valence electrons. The summed E-state index contributed by atoms with van der Waals surface area (Å²) in [4.78, 5) is 0. The predicted octanol–water partition coefficient (Wildman–Crippen LogP) is 22.6. The number of nitrogens with zero attached hydrogens (tertiary/aromatic N) is 4. The Morgan fingerprint density at radius 1 is 0.310 bits per heavy atom. The van der Waals surface area contributed by atoms with Crippen LogP contribution in [0.15, 0.2) is 271 Å². The third-order valence-electron chi connectivity index (χ3n) is 17.8. The minimum absolute atomic E-state index is 0.399. The number of para-hydroxylation sites is 2. The maximum atomic E-state index is 12.7. The molecule has 87 heavy (non-hydrogen) atoms. The summed E-state index contributed by atoms with van der Waals surface area (Å²) < 4.78 is 15.8. The summed E-state index contributed by atoms with van der Waals surface area (Å²) in [5, 5.41) is 36.0. The van der Waals surface area contributed by atoms with Gasteiger partial charge in [-0.2, -0.15) is 10.5 Å². The molecule has 0 saturated heterocycles. The minimum Gasteiger partial charge on any atom is -0.456 e. The summed E-state index contributed by atoms with van der Waals surface area (Å²) in [7, 11) is 0. The topological polar surface area (TPSA) is 70.6 Å². The molecule has 0 aliphatic carbocycles. The van der Waals surface area contributed by atoms with Gasteiger partial charge in [-0.05, 0) is 99.1 Å². The molecule has 0 atom stereocenters. The van der Waals surface area contributed by atoms with Gasteiger partial charge in [-0.3, -0.25) is 0 Å². The molecule has 5 aromatic heterocycles. The van der Waals surface area contributed by atoms with Crippen LogP contribution in [0.25, 0.3) is 173 Å². The molecule has 7 heteroatoms. The highest BCUT2D eigenvalue weighted by Gasteiger charge is 2.35. The van der Waals surface area contributed by atoms with Crippen molar-refractivity contribution in [3.63, 3.8) is 0 Å². The van der Waals surface area contributed by atoms with Gasteiger partial charge in [0.15, 0.2) is 0 Å². The molecule has 13 aromatic carbocycles. The van der Waals surface area contributed by atoms with Gasteiger partial charge < -0.3 is 13.6 Å².